The lowest BCUT2D eigenvalue weighted by atomic mass is 10.0. The predicted octanol–water partition coefficient (Wildman–Crippen LogP) is 4.60. The molecule has 0 aliphatic rings. The molecule has 35 heavy (non-hydrogen) atoms. The van der Waals surface area contributed by atoms with Crippen LogP contribution >= 0.6 is 0 Å². The molecule has 0 radical (unpaired) electrons. The van der Waals surface area contributed by atoms with E-state index < -0.39 is 41.4 Å². The summed E-state index contributed by atoms with van der Waals surface area (Å²) in [7, 11) is 1.34. The molecular formula is C26H26FNO7. The van der Waals surface area contributed by atoms with Crippen molar-refractivity contribution in [1.82, 2.24) is 4.98 Å². The van der Waals surface area contributed by atoms with Gasteiger partial charge in [-0.25, -0.2) is 9.37 Å². The number of para-hydroxylation sites is 1. The number of methoxy groups -OCH3 is 1. The van der Waals surface area contributed by atoms with Gasteiger partial charge in [0.05, 0.1) is 13.0 Å². The van der Waals surface area contributed by atoms with E-state index >= 15 is 0 Å². The molecule has 3 aromatic rings. The molecule has 0 spiro atoms. The summed E-state index contributed by atoms with van der Waals surface area (Å²) in [6.07, 6.45) is -0.836. The molecule has 3 rings (SSSR count). The second kappa shape index (κ2) is 11.3. The average Bonchev–Trinajstić information content (AvgIpc) is 2.83. The normalized spacial score (nSPS) is 13.4. The Labute approximate surface area is 201 Å². The molecule has 0 aliphatic carbocycles. The number of ketones is 1. The van der Waals surface area contributed by atoms with Crippen LogP contribution in [0.4, 0.5) is 4.39 Å². The van der Waals surface area contributed by atoms with E-state index in [-0.39, 0.29) is 29.2 Å². The van der Waals surface area contributed by atoms with Crippen LogP contribution in [0.15, 0.2) is 60.8 Å². The van der Waals surface area contributed by atoms with Crippen LogP contribution in [0, 0.1) is 11.7 Å². The third-order valence-electron chi connectivity index (χ3n) is 5.30. The SMILES string of the molecule is COc1ccnc(C(=O)C[C@@H](C)C(=O)O[C@@H](C)[C@H](Oc2ccccc2)c2ccc(F)cc2O)c1O. The number of pyridine rings is 1. The first-order chi connectivity index (χ1) is 16.7. The van der Waals surface area contributed by atoms with Gasteiger partial charge >= 0.3 is 5.97 Å². The zero-order valence-electron chi connectivity index (χ0n) is 19.5. The number of aromatic hydroxyl groups is 2. The van der Waals surface area contributed by atoms with Gasteiger partial charge in [0.1, 0.15) is 23.4 Å². The maximum Gasteiger partial charge on any atom is 0.309 e. The molecular weight excluding hydrogens is 457 g/mol. The quantitative estimate of drug-likeness (QED) is 0.318. The molecule has 2 N–H and O–H groups in total. The molecule has 3 atom stereocenters. The Morgan fingerprint density at radius 2 is 1.77 bits per heavy atom. The van der Waals surface area contributed by atoms with Crippen LogP contribution in [0.2, 0.25) is 0 Å². The van der Waals surface area contributed by atoms with E-state index in [0.717, 1.165) is 6.07 Å². The lowest BCUT2D eigenvalue weighted by Crippen LogP contribution is -2.30. The van der Waals surface area contributed by atoms with Gasteiger partial charge < -0.3 is 24.4 Å². The summed E-state index contributed by atoms with van der Waals surface area (Å²) >= 11 is 0. The lowest BCUT2D eigenvalue weighted by Gasteiger charge is -2.27. The van der Waals surface area contributed by atoms with Crippen molar-refractivity contribution >= 4 is 11.8 Å². The van der Waals surface area contributed by atoms with Crippen LogP contribution in [0.5, 0.6) is 23.0 Å². The van der Waals surface area contributed by atoms with E-state index in [0.29, 0.717) is 5.75 Å². The molecule has 2 aromatic carbocycles. The summed E-state index contributed by atoms with van der Waals surface area (Å²) in [5.74, 6) is -2.98. The maximum absolute atomic E-state index is 13.5. The van der Waals surface area contributed by atoms with Crippen molar-refractivity contribution in [3.8, 4) is 23.0 Å². The van der Waals surface area contributed by atoms with Gasteiger partial charge in [0, 0.05) is 30.3 Å². The highest BCUT2D eigenvalue weighted by Crippen LogP contribution is 2.33. The highest BCUT2D eigenvalue weighted by molar-refractivity contribution is 5.99. The summed E-state index contributed by atoms with van der Waals surface area (Å²) < 4.78 is 30.1. The van der Waals surface area contributed by atoms with Crippen molar-refractivity contribution < 1.29 is 38.4 Å². The third kappa shape index (κ3) is 6.26. The molecule has 0 amide bonds. The largest absolute Gasteiger partial charge is 0.507 e. The minimum Gasteiger partial charge on any atom is -0.507 e. The van der Waals surface area contributed by atoms with Gasteiger partial charge in [0.2, 0.25) is 0 Å². The second-order valence-corrected chi connectivity index (χ2v) is 7.94. The van der Waals surface area contributed by atoms with Crippen LogP contribution in [0.25, 0.3) is 0 Å². The molecule has 0 aliphatic heterocycles. The number of benzene rings is 2. The smallest absolute Gasteiger partial charge is 0.309 e. The first-order valence-corrected chi connectivity index (χ1v) is 10.9. The van der Waals surface area contributed by atoms with Crippen LogP contribution in [-0.2, 0) is 9.53 Å². The highest BCUT2D eigenvalue weighted by Gasteiger charge is 2.30. The summed E-state index contributed by atoms with van der Waals surface area (Å²) in [4.78, 5) is 29.3. The minimum absolute atomic E-state index is 0.0900. The summed E-state index contributed by atoms with van der Waals surface area (Å²) in [6, 6.07) is 13.6. The third-order valence-corrected chi connectivity index (χ3v) is 5.30. The number of ether oxygens (including phenoxy) is 3. The van der Waals surface area contributed by atoms with Gasteiger partial charge in [0.25, 0.3) is 0 Å². The first kappa shape index (κ1) is 25.5. The number of esters is 1. The van der Waals surface area contributed by atoms with E-state index in [2.05, 4.69) is 4.98 Å². The molecule has 184 valence electrons. The molecule has 8 nitrogen and oxygen atoms in total. The van der Waals surface area contributed by atoms with Crippen molar-refractivity contribution in [1.29, 1.82) is 0 Å². The number of hydrogen-bond donors (Lipinski definition) is 2. The van der Waals surface area contributed by atoms with Crippen LogP contribution < -0.4 is 9.47 Å². The van der Waals surface area contributed by atoms with Gasteiger partial charge in [-0.1, -0.05) is 25.1 Å². The summed E-state index contributed by atoms with van der Waals surface area (Å²) in [5.41, 5.74) is 0.0170. The molecule has 0 saturated carbocycles. The monoisotopic (exact) mass is 483 g/mol. The Bertz CT molecular complexity index is 1190. The van der Waals surface area contributed by atoms with Crippen molar-refractivity contribution in [2.24, 2.45) is 5.92 Å². The second-order valence-electron chi connectivity index (χ2n) is 7.94. The Morgan fingerprint density at radius 3 is 2.43 bits per heavy atom. The van der Waals surface area contributed by atoms with E-state index in [1.807, 2.05) is 0 Å². The number of phenols is 1. The summed E-state index contributed by atoms with van der Waals surface area (Å²) in [5, 5.41) is 20.4. The Morgan fingerprint density at radius 1 is 1.06 bits per heavy atom. The zero-order chi connectivity index (χ0) is 25.5. The predicted molar refractivity (Wildman–Crippen MR) is 124 cm³/mol. The fourth-order valence-electron chi connectivity index (χ4n) is 3.44. The fourth-order valence-corrected chi connectivity index (χ4v) is 3.44. The van der Waals surface area contributed by atoms with Gasteiger partial charge in [-0.05, 0) is 31.2 Å². The number of phenolic OH excluding ortho intramolecular Hbond substituents is 1. The molecule has 1 heterocycles. The fraction of sp³-hybridized carbons (Fsp3) is 0.269. The summed E-state index contributed by atoms with van der Waals surface area (Å²) in [6.45, 7) is 3.07. The zero-order valence-corrected chi connectivity index (χ0v) is 19.5. The van der Waals surface area contributed by atoms with Gasteiger partial charge in [-0.3, -0.25) is 9.59 Å². The Hall–Kier alpha value is -4.14. The van der Waals surface area contributed by atoms with Crippen LogP contribution in [-0.4, -0.2) is 40.2 Å². The number of rotatable bonds is 10. The van der Waals surface area contributed by atoms with Crippen LogP contribution in [0.1, 0.15) is 42.4 Å². The number of aromatic nitrogens is 1. The highest BCUT2D eigenvalue weighted by atomic mass is 19.1. The number of halogens is 1. The van der Waals surface area contributed by atoms with Crippen LogP contribution in [0.3, 0.4) is 0 Å². The van der Waals surface area contributed by atoms with E-state index in [1.165, 1.54) is 38.4 Å². The molecule has 0 unspecified atom stereocenters. The topological polar surface area (TPSA) is 115 Å². The standard InChI is InChI=1S/C26H26FNO7/c1-15(13-21(30)23-24(31)22(33-3)11-12-28-23)26(32)34-16(2)25(35-18-7-5-4-6-8-18)19-10-9-17(27)14-20(19)29/h4-12,14-16,25,29,31H,13H2,1-3H3/t15-,16+,25+/m1/s1. The van der Waals surface area contributed by atoms with Gasteiger partial charge in [-0.15, -0.1) is 0 Å². The van der Waals surface area contributed by atoms with Gasteiger partial charge in [-0.2, -0.15) is 0 Å². The van der Waals surface area contributed by atoms with E-state index in [1.54, 1.807) is 37.3 Å². The minimum atomic E-state index is -0.964. The molecule has 0 fully saturated rings. The molecule has 1 aromatic heterocycles. The Balaban J connectivity index is 1.75. The van der Waals surface area contributed by atoms with E-state index in [9.17, 15) is 24.2 Å². The molecule has 9 heteroatoms. The number of nitrogens with zero attached hydrogens (tertiary/aromatic N) is 1. The Kier molecular flexibility index (Phi) is 8.25. The molecule has 0 bridgehead atoms. The maximum atomic E-state index is 13.5. The van der Waals surface area contributed by atoms with Crippen molar-refractivity contribution in [3.63, 3.8) is 0 Å². The number of carbonyl (C=O) groups excluding carboxylic acids is 2. The van der Waals surface area contributed by atoms with Crippen molar-refractivity contribution in [2.75, 3.05) is 7.11 Å². The molecule has 0 saturated heterocycles. The van der Waals surface area contributed by atoms with Gasteiger partial charge in [0.15, 0.2) is 29.1 Å². The van der Waals surface area contributed by atoms with E-state index in [4.69, 9.17) is 14.2 Å². The van der Waals surface area contributed by atoms with Crippen molar-refractivity contribution in [2.45, 2.75) is 32.5 Å². The number of Topliss-reactive ketones (excluding diaryl/α,β-unsaturated/α-hetero) is 1. The lowest BCUT2D eigenvalue weighted by molar-refractivity contribution is -0.157. The number of carbonyl (C=O) groups is 2. The first-order valence-electron chi connectivity index (χ1n) is 10.9. The average molecular weight is 483 g/mol. The number of hydrogen-bond acceptors (Lipinski definition) is 8. The van der Waals surface area contributed by atoms with Crippen molar-refractivity contribution in [3.05, 3.63) is 77.9 Å².